The maximum atomic E-state index is 5.36. The maximum absolute atomic E-state index is 5.36. The van der Waals surface area contributed by atoms with Crippen LogP contribution in [0.15, 0.2) is 212 Å². The first kappa shape index (κ1) is 34.1. The smallest absolute Gasteiger partial charge is 0.160 e. The molecule has 278 valence electrons. The highest BCUT2D eigenvalue weighted by atomic mass is 14.9. The lowest BCUT2D eigenvalue weighted by atomic mass is 9.89. The van der Waals surface area contributed by atoms with E-state index in [0.29, 0.717) is 5.82 Å². The Labute approximate surface area is 346 Å². The van der Waals surface area contributed by atoms with Crippen molar-refractivity contribution >= 4 is 64.8 Å². The molecule has 0 bridgehead atoms. The molecule has 0 atom stereocenters. The van der Waals surface area contributed by atoms with E-state index in [1.807, 2.05) is 0 Å². The van der Waals surface area contributed by atoms with Gasteiger partial charge in [0.25, 0.3) is 0 Å². The number of para-hydroxylation sites is 1. The molecule has 3 heteroatoms. The van der Waals surface area contributed by atoms with Crippen molar-refractivity contribution in [2.24, 2.45) is 0 Å². The van der Waals surface area contributed by atoms with E-state index >= 15 is 0 Å². The molecule has 12 rings (SSSR count). The monoisotopic (exact) mass is 761 g/mol. The van der Waals surface area contributed by atoms with Crippen LogP contribution in [0, 0.1) is 0 Å². The summed E-state index contributed by atoms with van der Waals surface area (Å²) in [4.78, 5) is 15.8. The van der Waals surface area contributed by atoms with Gasteiger partial charge in [-0.15, -0.1) is 0 Å². The number of hydrogen-bond acceptors (Lipinski definition) is 3. The Morgan fingerprint density at radius 3 is 1.25 bits per heavy atom. The Balaban J connectivity index is 0.963. The van der Waals surface area contributed by atoms with Crippen LogP contribution in [-0.4, -0.2) is 15.0 Å². The molecule has 0 aliphatic rings. The molecule has 0 amide bonds. The fraction of sp³-hybridized carbons (Fsp3) is 0. The van der Waals surface area contributed by atoms with Crippen molar-refractivity contribution < 1.29 is 0 Å². The van der Waals surface area contributed by atoms with Crippen LogP contribution in [-0.2, 0) is 0 Å². The number of rotatable bonds is 5. The van der Waals surface area contributed by atoms with Crippen LogP contribution in [0.5, 0.6) is 0 Å². The second-order valence-corrected chi connectivity index (χ2v) is 15.5. The van der Waals surface area contributed by atoms with Crippen LogP contribution < -0.4 is 0 Å². The van der Waals surface area contributed by atoms with E-state index in [0.717, 1.165) is 56.0 Å². The Hall–Kier alpha value is -8.01. The van der Waals surface area contributed by atoms with Gasteiger partial charge >= 0.3 is 0 Å². The second-order valence-electron chi connectivity index (χ2n) is 15.5. The number of benzene rings is 10. The molecule has 0 saturated heterocycles. The summed E-state index contributed by atoms with van der Waals surface area (Å²) in [5.74, 6) is 0.694. The zero-order valence-electron chi connectivity index (χ0n) is 32.5. The molecule has 0 aliphatic carbocycles. The highest BCUT2D eigenvalue weighted by Crippen LogP contribution is 2.43. The lowest BCUT2D eigenvalue weighted by Gasteiger charge is -2.16. The van der Waals surface area contributed by atoms with E-state index in [1.54, 1.807) is 0 Å². The predicted octanol–water partition coefficient (Wildman–Crippen LogP) is 15.1. The first-order valence-corrected chi connectivity index (χ1v) is 20.4. The first-order chi connectivity index (χ1) is 29.7. The highest BCUT2D eigenvalue weighted by Gasteiger charge is 2.18. The third kappa shape index (κ3) is 5.55. The van der Waals surface area contributed by atoms with Gasteiger partial charge in [0.05, 0.1) is 22.6 Å². The van der Waals surface area contributed by atoms with Gasteiger partial charge in [0.1, 0.15) is 0 Å². The lowest BCUT2D eigenvalue weighted by Crippen LogP contribution is -1.97. The van der Waals surface area contributed by atoms with Gasteiger partial charge in [0, 0.05) is 38.4 Å². The molecule has 0 spiro atoms. The van der Waals surface area contributed by atoms with E-state index in [2.05, 4.69) is 212 Å². The van der Waals surface area contributed by atoms with Gasteiger partial charge in [-0.2, -0.15) is 0 Å². The van der Waals surface area contributed by atoms with Gasteiger partial charge in [0.15, 0.2) is 5.82 Å². The summed E-state index contributed by atoms with van der Waals surface area (Å²) in [5, 5.41) is 13.3. The van der Waals surface area contributed by atoms with Gasteiger partial charge < -0.3 is 0 Å². The van der Waals surface area contributed by atoms with Crippen molar-refractivity contribution in [2.45, 2.75) is 0 Å². The minimum Gasteiger partial charge on any atom is -0.247 e. The Bertz CT molecular complexity index is 3540. The lowest BCUT2D eigenvalue weighted by molar-refractivity contribution is 1.19. The van der Waals surface area contributed by atoms with E-state index in [9.17, 15) is 0 Å². The van der Waals surface area contributed by atoms with Crippen molar-refractivity contribution in [1.82, 2.24) is 15.0 Å². The van der Waals surface area contributed by atoms with Gasteiger partial charge in [-0.3, -0.25) is 0 Å². The van der Waals surface area contributed by atoms with Crippen molar-refractivity contribution in [3.8, 4) is 56.3 Å². The number of hydrogen-bond donors (Lipinski definition) is 0. The third-order valence-electron chi connectivity index (χ3n) is 12.1. The summed E-state index contributed by atoms with van der Waals surface area (Å²) in [6, 6.07) is 75.6. The molecule has 3 nitrogen and oxygen atoms in total. The minimum absolute atomic E-state index is 0.694. The Morgan fingerprint density at radius 1 is 0.267 bits per heavy atom. The molecule has 0 N–H and O–H groups in total. The number of nitrogens with zero attached hydrogens (tertiary/aromatic N) is 3. The number of fused-ring (bicyclic) bond motifs is 10. The van der Waals surface area contributed by atoms with Crippen molar-refractivity contribution in [3.63, 3.8) is 0 Å². The summed E-state index contributed by atoms with van der Waals surface area (Å²) >= 11 is 0. The van der Waals surface area contributed by atoms with E-state index in [4.69, 9.17) is 15.0 Å². The molecular formula is C57H35N3. The topological polar surface area (TPSA) is 38.7 Å². The summed E-state index contributed by atoms with van der Waals surface area (Å²) in [6.45, 7) is 0. The molecule has 2 heterocycles. The zero-order chi connectivity index (χ0) is 39.6. The molecule has 0 radical (unpaired) electrons. The van der Waals surface area contributed by atoms with Gasteiger partial charge in [0.2, 0.25) is 0 Å². The molecule has 10 aromatic carbocycles. The summed E-state index contributed by atoms with van der Waals surface area (Å²) in [6.07, 6.45) is 0. The Kier molecular flexibility index (Phi) is 7.85. The normalized spacial score (nSPS) is 11.7. The fourth-order valence-electron chi connectivity index (χ4n) is 9.22. The SMILES string of the molecule is c1ccc2c(-c3cc(-c4cccc5ccccc45)nc(-c4ccc(-c5ccc(-c6nc7ccccc7c7c8ccccc8c8ccccc8c67)cc5)cc4)n3)cccc2c1. The summed E-state index contributed by atoms with van der Waals surface area (Å²) in [5.41, 5.74) is 10.3. The van der Waals surface area contributed by atoms with Crippen LogP contribution in [0.2, 0.25) is 0 Å². The van der Waals surface area contributed by atoms with Crippen molar-refractivity contribution in [2.75, 3.05) is 0 Å². The highest BCUT2D eigenvalue weighted by molar-refractivity contribution is 6.33. The number of pyridine rings is 1. The molecule has 60 heavy (non-hydrogen) atoms. The number of aromatic nitrogens is 3. The standard InChI is InChI=1S/C57H35N3/c1-3-17-42-38(13-1)15-11-24-46(42)52-35-53(47-25-12-16-39-14-2-4-18-43(39)47)60-57(59-52)41-33-29-37(30-34-41)36-27-31-40(32-28-36)56-55-49-22-8-6-20-45(49)44-19-5-7-21-48(44)54(55)50-23-9-10-26-51(50)58-56/h1-35H. The molecular weight excluding hydrogens is 727 g/mol. The predicted molar refractivity (Wildman–Crippen MR) is 252 cm³/mol. The zero-order valence-corrected chi connectivity index (χ0v) is 32.5. The Morgan fingerprint density at radius 2 is 0.683 bits per heavy atom. The first-order valence-electron chi connectivity index (χ1n) is 20.4. The van der Waals surface area contributed by atoms with Crippen LogP contribution in [0.4, 0.5) is 0 Å². The van der Waals surface area contributed by atoms with Crippen LogP contribution in [0.3, 0.4) is 0 Å². The van der Waals surface area contributed by atoms with Crippen LogP contribution >= 0.6 is 0 Å². The fourth-order valence-corrected chi connectivity index (χ4v) is 9.22. The van der Waals surface area contributed by atoms with Gasteiger partial charge in [-0.25, -0.2) is 15.0 Å². The quantitative estimate of drug-likeness (QED) is 0.164. The maximum Gasteiger partial charge on any atom is 0.160 e. The average Bonchev–Trinajstić information content (AvgIpc) is 3.33. The molecule has 0 aliphatic heterocycles. The largest absolute Gasteiger partial charge is 0.247 e. The second kappa shape index (κ2) is 13.8. The van der Waals surface area contributed by atoms with Gasteiger partial charge in [-0.1, -0.05) is 200 Å². The molecule has 0 fully saturated rings. The van der Waals surface area contributed by atoms with Crippen LogP contribution in [0.1, 0.15) is 0 Å². The van der Waals surface area contributed by atoms with Crippen LogP contribution in [0.25, 0.3) is 121 Å². The molecule has 12 aromatic rings. The summed E-state index contributed by atoms with van der Waals surface area (Å²) in [7, 11) is 0. The summed E-state index contributed by atoms with van der Waals surface area (Å²) < 4.78 is 0. The van der Waals surface area contributed by atoms with Crippen molar-refractivity contribution in [3.05, 3.63) is 212 Å². The molecule has 0 unspecified atom stereocenters. The average molecular weight is 762 g/mol. The molecule has 0 saturated carbocycles. The van der Waals surface area contributed by atoms with E-state index in [-0.39, 0.29) is 0 Å². The van der Waals surface area contributed by atoms with Gasteiger partial charge in [-0.05, 0) is 66.3 Å². The molecule has 2 aromatic heterocycles. The minimum atomic E-state index is 0.694. The third-order valence-corrected chi connectivity index (χ3v) is 12.1. The van der Waals surface area contributed by atoms with E-state index in [1.165, 1.54) is 59.2 Å². The van der Waals surface area contributed by atoms with Crippen molar-refractivity contribution in [1.29, 1.82) is 0 Å². The van der Waals surface area contributed by atoms with E-state index < -0.39 is 0 Å².